The fourth-order valence-corrected chi connectivity index (χ4v) is 4.42. The number of benzene rings is 2. The fraction of sp³-hybridized carbons (Fsp3) is 0.323. The Kier molecular flexibility index (Phi) is 8.79. The zero-order valence-corrected chi connectivity index (χ0v) is 22.2. The van der Waals surface area contributed by atoms with Crippen molar-refractivity contribution in [3.05, 3.63) is 87.8 Å². The molecule has 0 aliphatic heterocycles. The maximum Gasteiger partial charge on any atom is 0.336 e. The molecule has 4 rings (SSSR count). The number of carboxylic acids is 1. The minimum absolute atomic E-state index is 0.252. The van der Waals surface area contributed by atoms with Crippen molar-refractivity contribution >= 4 is 17.0 Å². The van der Waals surface area contributed by atoms with Crippen LogP contribution in [0.3, 0.4) is 0 Å². The molecule has 0 saturated carbocycles. The molecule has 198 valence electrons. The molecule has 0 atom stereocenters. The van der Waals surface area contributed by atoms with Crippen LogP contribution in [0.4, 0.5) is 0 Å². The Morgan fingerprint density at radius 1 is 0.895 bits per heavy atom. The molecule has 4 aromatic rings. The number of aryl methyl sites for hydroxylation is 1. The number of aromatic nitrogens is 2. The van der Waals surface area contributed by atoms with Gasteiger partial charge in [-0.15, -0.1) is 0 Å². The highest BCUT2D eigenvalue weighted by Crippen LogP contribution is 2.27. The average Bonchev–Trinajstić information content (AvgIpc) is 3.16. The van der Waals surface area contributed by atoms with Gasteiger partial charge in [-0.25, -0.2) is 9.78 Å². The molecule has 7 heteroatoms. The van der Waals surface area contributed by atoms with Crippen LogP contribution in [0.25, 0.3) is 22.2 Å². The van der Waals surface area contributed by atoms with Crippen LogP contribution in [0.5, 0.6) is 11.5 Å². The summed E-state index contributed by atoms with van der Waals surface area (Å²) in [6.45, 7) is 7.52. The Morgan fingerprint density at radius 3 is 2.18 bits per heavy atom. The van der Waals surface area contributed by atoms with E-state index in [0.717, 1.165) is 48.2 Å². The van der Waals surface area contributed by atoms with Crippen LogP contribution in [0.15, 0.2) is 65.5 Å². The molecule has 1 heterocycles. The van der Waals surface area contributed by atoms with E-state index in [4.69, 9.17) is 14.5 Å². The largest absolute Gasteiger partial charge is 0.489 e. The zero-order chi connectivity index (χ0) is 27.1. The number of hydrogen-bond acceptors (Lipinski definition) is 5. The lowest BCUT2D eigenvalue weighted by atomic mass is 9.99. The second-order valence-corrected chi connectivity index (χ2v) is 9.23. The quantitative estimate of drug-likeness (QED) is 0.237. The van der Waals surface area contributed by atoms with Crippen LogP contribution in [0, 0.1) is 0 Å². The molecular formula is C31H34N2O5. The second kappa shape index (κ2) is 12.4. The molecular weight excluding hydrogens is 480 g/mol. The van der Waals surface area contributed by atoms with Crippen LogP contribution in [0.2, 0.25) is 0 Å². The predicted octanol–water partition coefficient (Wildman–Crippen LogP) is 6.34. The third-order valence-corrected chi connectivity index (χ3v) is 6.26. The van der Waals surface area contributed by atoms with E-state index in [0.29, 0.717) is 30.8 Å². The molecule has 0 amide bonds. The Morgan fingerprint density at radius 2 is 1.55 bits per heavy atom. The summed E-state index contributed by atoms with van der Waals surface area (Å²) < 4.78 is 13.8. The lowest BCUT2D eigenvalue weighted by molar-refractivity contribution is 0.0697. The molecule has 1 aromatic heterocycles. The smallest absolute Gasteiger partial charge is 0.336 e. The molecule has 0 saturated heterocycles. The first kappa shape index (κ1) is 26.9. The number of imidazole rings is 1. The van der Waals surface area contributed by atoms with Crippen molar-refractivity contribution in [2.24, 2.45) is 0 Å². The number of carbonyl (C=O) groups is 1. The zero-order valence-electron chi connectivity index (χ0n) is 22.2. The van der Waals surface area contributed by atoms with Crippen molar-refractivity contribution in [2.45, 2.75) is 53.0 Å². The minimum atomic E-state index is -0.951. The average molecular weight is 515 g/mol. The number of nitrogens with zero attached hydrogens (tertiary/aromatic N) is 2. The maximum absolute atomic E-state index is 13.2. The Labute approximate surface area is 222 Å². The van der Waals surface area contributed by atoms with E-state index in [9.17, 15) is 14.7 Å². The van der Waals surface area contributed by atoms with Crippen LogP contribution >= 0.6 is 0 Å². The van der Waals surface area contributed by atoms with E-state index in [1.807, 2.05) is 50.2 Å². The highest BCUT2D eigenvalue weighted by Gasteiger charge is 2.17. The molecule has 1 N–H and O–H groups in total. The fourth-order valence-electron chi connectivity index (χ4n) is 4.42. The molecule has 3 aromatic carbocycles. The minimum Gasteiger partial charge on any atom is -0.489 e. The summed E-state index contributed by atoms with van der Waals surface area (Å²) in [7, 11) is 0. The highest BCUT2D eigenvalue weighted by atomic mass is 16.5. The molecule has 0 radical (unpaired) electrons. The molecule has 7 nitrogen and oxygen atoms in total. The first-order valence-electron chi connectivity index (χ1n) is 13.2. The summed E-state index contributed by atoms with van der Waals surface area (Å²) in [5.41, 5.74) is 4.05. The van der Waals surface area contributed by atoms with E-state index < -0.39 is 5.97 Å². The Balaban J connectivity index is 1.78. The van der Waals surface area contributed by atoms with Gasteiger partial charge in [-0.05, 0) is 42.0 Å². The van der Waals surface area contributed by atoms with E-state index in [-0.39, 0.29) is 22.5 Å². The molecule has 0 fully saturated rings. The van der Waals surface area contributed by atoms with Crippen molar-refractivity contribution in [3.8, 4) is 22.6 Å². The van der Waals surface area contributed by atoms with Gasteiger partial charge in [-0.1, -0.05) is 63.2 Å². The van der Waals surface area contributed by atoms with Gasteiger partial charge in [0, 0.05) is 25.1 Å². The predicted molar refractivity (Wildman–Crippen MR) is 150 cm³/mol. The molecule has 0 bridgehead atoms. The first-order chi connectivity index (χ1) is 18.5. The van der Waals surface area contributed by atoms with Crippen molar-refractivity contribution in [1.29, 1.82) is 0 Å². The van der Waals surface area contributed by atoms with Gasteiger partial charge in [0.1, 0.15) is 5.82 Å². The number of ether oxygens (including phenoxy) is 2. The summed E-state index contributed by atoms with van der Waals surface area (Å²) in [5, 5.41) is 9.57. The van der Waals surface area contributed by atoms with Crippen molar-refractivity contribution < 1.29 is 19.4 Å². The van der Waals surface area contributed by atoms with E-state index in [2.05, 4.69) is 11.5 Å². The van der Waals surface area contributed by atoms with Crippen molar-refractivity contribution in [2.75, 3.05) is 13.2 Å². The SMILES string of the molecule is CCCOc1cc2nc(CCC)n(Cc3ccc(-c4ccccc4C(=O)O)cc3)c2cc(OCCC)c1=O. The number of rotatable bonds is 12. The Bertz CT molecular complexity index is 1470. The van der Waals surface area contributed by atoms with Crippen LogP contribution in [0.1, 0.15) is 61.8 Å². The Hall–Kier alpha value is -4.13. The summed E-state index contributed by atoms with van der Waals surface area (Å²) >= 11 is 0. The lowest BCUT2D eigenvalue weighted by Gasteiger charge is -2.11. The highest BCUT2D eigenvalue weighted by molar-refractivity contribution is 5.96. The number of carboxylic acid groups (broad SMARTS) is 1. The van der Waals surface area contributed by atoms with Crippen LogP contribution < -0.4 is 14.9 Å². The molecule has 38 heavy (non-hydrogen) atoms. The van der Waals surface area contributed by atoms with Crippen LogP contribution in [-0.2, 0) is 13.0 Å². The van der Waals surface area contributed by atoms with Gasteiger partial charge in [0.05, 0.1) is 29.8 Å². The van der Waals surface area contributed by atoms with Crippen molar-refractivity contribution in [3.63, 3.8) is 0 Å². The van der Waals surface area contributed by atoms with Gasteiger partial charge < -0.3 is 19.1 Å². The van der Waals surface area contributed by atoms with Crippen molar-refractivity contribution in [1.82, 2.24) is 9.55 Å². The van der Waals surface area contributed by atoms with Gasteiger partial charge in [0.2, 0.25) is 0 Å². The normalized spacial score (nSPS) is 11.0. The number of fused-ring (bicyclic) bond motifs is 1. The third kappa shape index (κ3) is 5.88. The van der Waals surface area contributed by atoms with E-state index >= 15 is 0 Å². The topological polar surface area (TPSA) is 90.7 Å². The van der Waals surface area contributed by atoms with Gasteiger partial charge >= 0.3 is 5.97 Å². The first-order valence-corrected chi connectivity index (χ1v) is 13.2. The summed E-state index contributed by atoms with van der Waals surface area (Å²) in [6.07, 6.45) is 3.27. The lowest BCUT2D eigenvalue weighted by Crippen LogP contribution is -2.11. The molecule has 0 unspecified atom stereocenters. The van der Waals surface area contributed by atoms with Gasteiger partial charge in [0.15, 0.2) is 11.5 Å². The number of aromatic carboxylic acids is 1. The van der Waals surface area contributed by atoms with Crippen LogP contribution in [-0.4, -0.2) is 33.8 Å². The third-order valence-electron chi connectivity index (χ3n) is 6.26. The van der Waals surface area contributed by atoms with Gasteiger partial charge in [-0.2, -0.15) is 0 Å². The molecule has 0 aliphatic rings. The summed E-state index contributed by atoms with van der Waals surface area (Å²) in [4.78, 5) is 29.7. The van der Waals surface area contributed by atoms with Gasteiger partial charge in [0.25, 0.3) is 5.43 Å². The monoisotopic (exact) mass is 514 g/mol. The molecule has 0 aliphatic carbocycles. The summed E-state index contributed by atoms with van der Waals surface area (Å²) in [6, 6.07) is 18.4. The van der Waals surface area contributed by atoms with Gasteiger partial charge in [-0.3, -0.25) is 4.79 Å². The summed E-state index contributed by atoms with van der Waals surface area (Å²) in [5.74, 6) is 0.483. The molecule has 0 spiro atoms. The van der Waals surface area contributed by atoms with E-state index in [1.165, 1.54) is 0 Å². The standard InChI is InChI=1S/C31H34N2O5/c1-4-9-29-32-25-18-27(37-16-5-2)30(34)28(38-17-6-3)19-26(25)33(29)20-21-12-14-22(15-13-21)23-10-7-8-11-24(23)31(35)36/h7-8,10-15,18-19H,4-6,9,16-17,20H2,1-3H3,(H,35,36). The van der Waals surface area contributed by atoms with E-state index in [1.54, 1.807) is 24.3 Å². The second-order valence-electron chi connectivity index (χ2n) is 9.23. The maximum atomic E-state index is 13.2. The number of hydrogen-bond donors (Lipinski definition) is 1.